The highest BCUT2D eigenvalue weighted by Crippen LogP contribution is 2.35. The van der Waals surface area contributed by atoms with Crippen LogP contribution in [0.1, 0.15) is 101 Å². The number of hydrogen-bond donors (Lipinski definition) is 2. The summed E-state index contributed by atoms with van der Waals surface area (Å²) in [7, 11) is 0. The molecule has 0 aromatic carbocycles. The summed E-state index contributed by atoms with van der Waals surface area (Å²) in [6.45, 7) is 21.6. The molecule has 0 radical (unpaired) electrons. The minimum Gasteiger partial charge on any atom is -0.319 e. The molecular weight excluding hydrogens is 414 g/mol. The molecule has 0 spiro atoms. The van der Waals surface area contributed by atoms with Crippen molar-refractivity contribution in [1.82, 2.24) is 25.3 Å². The van der Waals surface area contributed by atoms with Crippen LogP contribution in [0.5, 0.6) is 0 Å². The molecule has 0 aromatic rings. The predicted octanol–water partition coefficient (Wildman–Crippen LogP) is 4.56. The standard InChI is InChI=1S/C26H49N5O2/c1-10-11-12-31-21(32)29(19-15-23(2,3)27-24(4,5)16-19)13-14-30(22(31)33)20-17-25(6,7)28-26(8,9)18-20/h19-20,27-28H,10-18H2,1-9H3. The molecule has 3 aliphatic rings. The zero-order chi connectivity index (χ0) is 24.8. The van der Waals surface area contributed by atoms with Gasteiger partial charge in [-0.15, -0.1) is 0 Å². The maximum Gasteiger partial charge on any atom is 0.328 e. The monoisotopic (exact) mass is 463 g/mol. The van der Waals surface area contributed by atoms with Crippen molar-refractivity contribution in [2.75, 3.05) is 19.6 Å². The van der Waals surface area contributed by atoms with Crippen molar-refractivity contribution in [1.29, 1.82) is 0 Å². The SMILES string of the molecule is CCCCN1C(=O)N(C2CC(C)(C)NC(C)(C)C2)CCN(C2CC(C)(C)NC(C)(C)C2)C1=O. The van der Waals surface area contributed by atoms with Crippen molar-refractivity contribution in [3.8, 4) is 0 Å². The molecule has 3 heterocycles. The summed E-state index contributed by atoms with van der Waals surface area (Å²) in [5.74, 6) is 0. The average Bonchev–Trinajstić information content (AvgIpc) is 2.71. The summed E-state index contributed by atoms with van der Waals surface area (Å²) in [4.78, 5) is 33.3. The van der Waals surface area contributed by atoms with Gasteiger partial charge in [0.05, 0.1) is 0 Å². The Morgan fingerprint density at radius 3 is 1.33 bits per heavy atom. The number of amides is 4. The first kappa shape index (κ1) is 26.3. The van der Waals surface area contributed by atoms with E-state index < -0.39 is 0 Å². The molecular formula is C26H49N5O2. The average molecular weight is 464 g/mol. The van der Waals surface area contributed by atoms with E-state index in [1.807, 2.05) is 9.80 Å². The van der Waals surface area contributed by atoms with E-state index in [9.17, 15) is 9.59 Å². The summed E-state index contributed by atoms with van der Waals surface area (Å²) >= 11 is 0. The molecule has 0 bridgehead atoms. The number of nitrogens with one attached hydrogen (secondary N) is 2. The van der Waals surface area contributed by atoms with E-state index >= 15 is 0 Å². The molecule has 3 fully saturated rings. The number of imide groups is 1. The maximum absolute atomic E-state index is 13.8. The van der Waals surface area contributed by atoms with E-state index in [1.54, 1.807) is 4.90 Å². The van der Waals surface area contributed by atoms with Crippen LogP contribution in [0.2, 0.25) is 0 Å². The molecule has 33 heavy (non-hydrogen) atoms. The van der Waals surface area contributed by atoms with Crippen LogP contribution in [0.3, 0.4) is 0 Å². The molecule has 190 valence electrons. The summed E-state index contributed by atoms with van der Waals surface area (Å²) in [5, 5.41) is 7.46. The molecule has 7 nitrogen and oxygen atoms in total. The Morgan fingerprint density at radius 2 is 1.03 bits per heavy atom. The summed E-state index contributed by atoms with van der Waals surface area (Å²) in [6.07, 6.45) is 5.37. The van der Waals surface area contributed by atoms with E-state index in [1.165, 1.54) is 0 Å². The van der Waals surface area contributed by atoms with Crippen LogP contribution in [-0.2, 0) is 0 Å². The summed E-state index contributed by atoms with van der Waals surface area (Å²) < 4.78 is 0. The molecule has 2 N–H and O–H groups in total. The Bertz CT molecular complexity index is 655. The number of piperidine rings is 2. The van der Waals surface area contributed by atoms with Crippen LogP contribution < -0.4 is 10.6 Å². The number of unbranched alkanes of at least 4 members (excludes halogenated alkanes) is 1. The molecule has 0 unspecified atom stereocenters. The van der Waals surface area contributed by atoms with Gasteiger partial charge in [0.25, 0.3) is 0 Å². The number of urea groups is 2. The third-order valence-electron chi connectivity index (χ3n) is 7.49. The molecule has 0 aromatic heterocycles. The highest BCUT2D eigenvalue weighted by Gasteiger charge is 2.47. The van der Waals surface area contributed by atoms with Crippen LogP contribution in [0.4, 0.5) is 9.59 Å². The van der Waals surface area contributed by atoms with Gasteiger partial charge in [0.15, 0.2) is 0 Å². The third kappa shape index (κ3) is 6.21. The van der Waals surface area contributed by atoms with Gasteiger partial charge in [-0.2, -0.15) is 0 Å². The van der Waals surface area contributed by atoms with Gasteiger partial charge in [-0.05, 0) is 87.5 Å². The van der Waals surface area contributed by atoms with E-state index in [0.717, 1.165) is 38.5 Å². The fourth-order valence-electron chi connectivity index (χ4n) is 6.96. The lowest BCUT2D eigenvalue weighted by Gasteiger charge is -2.50. The lowest BCUT2D eigenvalue weighted by molar-refractivity contribution is 0.0701. The van der Waals surface area contributed by atoms with Gasteiger partial charge in [-0.3, -0.25) is 0 Å². The van der Waals surface area contributed by atoms with Crippen LogP contribution >= 0.6 is 0 Å². The van der Waals surface area contributed by atoms with Gasteiger partial charge < -0.3 is 20.4 Å². The lowest BCUT2D eigenvalue weighted by atomic mass is 9.78. The minimum absolute atomic E-state index is 0.0555. The van der Waals surface area contributed by atoms with Crippen molar-refractivity contribution in [3.05, 3.63) is 0 Å². The molecule has 3 rings (SSSR count). The van der Waals surface area contributed by atoms with Crippen LogP contribution in [0.15, 0.2) is 0 Å². The number of nitrogens with zero attached hydrogens (tertiary/aromatic N) is 3. The largest absolute Gasteiger partial charge is 0.328 e. The van der Waals surface area contributed by atoms with E-state index in [0.29, 0.717) is 19.6 Å². The highest BCUT2D eigenvalue weighted by atomic mass is 16.2. The smallest absolute Gasteiger partial charge is 0.319 e. The summed E-state index contributed by atoms with van der Waals surface area (Å²) in [6, 6.07) is 0.0619. The Morgan fingerprint density at radius 1 is 0.697 bits per heavy atom. The number of hydrogen-bond acceptors (Lipinski definition) is 4. The molecule has 0 saturated carbocycles. The van der Waals surface area contributed by atoms with Gasteiger partial charge in [-0.1, -0.05) is 13.3 Å². The summed E-state index contributed by atoms with van der Waals surface area (Å²) in [5.41, 5.74) is -0.222. The first-order valence-electron chi connectivity index (χ1n) is 13.0. The lowest BCUT2D eigenvalue weighted by Crippen LogP contribution is -2.64. The topological polar surface area (TPSA) is 67.9 Å². The van der Waals surface area contributed by atoms with E-state index in [2.05, 4.69) is 72.9 Å². The molecule has 0 atom stereocenters. The third-order valence-corrected chi connectivity index (χ3v) is 7.49. The molecule has 4 amide bonds. The fraction of sp³-hybridized carbons (Fsp3) is 0.923. The van der Waals surface area contributed by atoms with Crippen molar-refractivity contribution in [3.63, 3.8) is 0 Å². The van der Waals surface area contributed by atoms with Gasteiger partial charge >= 0.3 is 12.1 Å². The molecule has 3 aliphatic heterocycles. The molecule has 0 aliphatic carbocycles. The number of carbonyl (C=O) groups excluding carboxylic acids is 2. The predicted molar refractivity (Wildman–Crippen MR) is 134 cm³/mol. The Labute approximate surface area is 202 Å². The molecule has 7 heteroatoms. The number of rotatable bonds is 5. The van der Waals surface area contributed by atoms with Crippen molar-refractivity contribution in [2.24, 2.45) is 0 Å². The zero-order valence-corrected chi connectivity index (χ0v) is 22.7. The van der Waals surface area contributed by atoms with Gasteiger partial charge in [0, 0.05) is 53.9 Å². The van der Waals surface area contributed by atoms with Crippen LogP contribution in [0, 0.1) is 0 Å². The second-order valence-corrected chi connectivity index (χ2v) is 13.4. The normalized spacial score (nSPS) is 28.2. The van der Waals surface area contributed by atoms with Crippen molar-refractivity contribution < 1.29 is 9.59 Å². The first-order valence-corrected chi connectivity index (χ1v) is 13.0. The van der Waals surface area contributed by atoms with Crippen molar-refractivity contribution >= 4 is 12.1 Å². The number of carbonyl (C=O) groups is 2. The Balaban J connectivity index is 1.90. The zero-order valence-electron chi connectivity index (χ0n) is 22.7. The fourth-order valence-corrected chi connectivity index (χ4v) is 6.96. The minimum atomic E-state index is -0.0955. The second-order valence-electron chi connectivity index (χ2n) is 13.4. The first-order chi connectivity index (χ1) is 15.0. The van der Waals surface area contributed by atoms with Crippen LogP contribution in [-0.4, -0.2) is 80.6 Å². The van der Waals surface area contributed by atoms with Gasteiger partial charge in [0.2, 0.25) is 0 Å². The Kier molecular flexibility index (Phi) is 7.19. The second kappa shape index (κ2) is 9.03. The van der Waals surface area contributed by atoms with E-state index in [-0.39, 0.29) is 46.3 Å². The van der Waals surface area contributed by atoms with Crippen molar-refractivity contribution in [2.45, 2.75) is 135 Å². The molecule has 3 saturated heterocycles. The highest BCUT2D eigenvalue weighted by molar-refractivity contribution is 5.94. The van der Waals surface area contributed by atoms with Crippen LogP contribution in [0.25, 0.3) is 0 Å². The maximum atomic E-state index is 13.8. The van der Waals surface area contributed by atoms with E-state index in [4.69, 9.17) is 0 Å². The van der Waals surface area contributed by atoms with Gasteiger partial charge in [0.1, 0.15) is 0 Å². The Hall–Kier alpha value is -1.34. The quantitative estimate of drug-likeness (QED) is 0.627. The van der Waals surface area contributed by atoms with Gasteiger partial charge in [-0.25, -0.2) is 14.5 Å².